The Morgan fingerprint density at radius 2 is 2.04 bits per heavy atom. The van der Waals surface area contributed by atoms with Crippen molar-refractivity contribution in [3.8, 4) is 0 Å². The zero-order valence-corrected chi connectivity index (χ0v) is 17.4. The van der Waals surface area contributed by atoms with Gasteiger partial charge in [0.15, 0.2) is 5.82 Å². The van der Waals surface area contributed by atoms with Crippen LogP contribution in [0.25, 0.3) is 0 Å². The Morgan fingerprint density at radius 3 is 2.79 bits per heavy atom. The molecule has 2 aliphatic rings. The largest absolute Gasteiger partial charge is 0.336 e. The van der Waals surface area contributed by atoms with Crippen LogP contribution in [0.5, 0.6) is 0 Å². The van der Waals surface area contributed by atoms with Gasteiger partial charge in [-0.05, 0) is 43.2 Å². The number of rotatable bonds is 3. The Balaban J connectivity index is 1.54. The third-order valence-electron chi connectivity index (χ3n) is 5.82. The molecule has 0 radical (unpaired) electrons. The number of amides is 2. The molecular formula is C20H27N5O2S. The molecule has 2 aromatic heterocycles. The molecule has 0 aliphatic carbocycles. The second-order valence-corrected chi connectivity index (χ2v) is 8.47. The molecule has 2 aliphatic heterocycles. The average molecular weight is 402 g/mol. The quantitative estimate of drug-likeness (QED) is 0.793. The topological polar surface area (TPSA) is 71.3 Å². The van der Waals surface area contributed by atoms with Gasteiger partial charge in [-0.2, -0.15) is 0 Å². The summed E-state index contributed by atoms with van der Waals surface area (Å²) < 4.78 is 2.15. The summed E-state index contributed by atoms with van der Waals surface area (Å²) in [5, 5.41) is 10.9. The molecule has 7 nitrogen and oxygen atoms in total. The maximum atomic E-state index is 12.9. The molecule has 8 heteroatoms. The molecule has 28 heavy (non-hydrogen) atoms. The van der Waals surface area contributed by atoms with Gasteiger partial charge in [0.1, 0.15) is 5.82 Å². The van der Waals surface area contributed by atoms with E-state index < -0.39 is 0 Å². The highest BCUT2D eigenvalue weighted by molar-refractivity contribution is 7.12. The lowest BCUT2D eigenvalue weighted by Gasteiger charge is -2.35. The van der Waals surface area contributed by atoms with Crippen LogP contribution < -0.4 is 0 Å². The number of hydrogen-bond acceptors (Lipinski definition) is 5. The Labute approximate surface area is 169 Å². The van der Waals surface area contributed by atoms with E-state index in [1.807, 2.05) is 35.1 Å². The van der Waals surface area contributed by atoms with Crippen LogP contribution in [0.15, 0.2) is 11.4 Å². The summed E-state index contributed by atoms with van der Waals surface area (Å²) in [5.41, 5.74) is 1.04. The van der Waals surface area contributed by atoms with Gasteiger partial charge < -0.3 is 14.4 Å². The Morgan fingerprint density at radius 1 is 1.18 bits per heavy atom. The van der Waals surface area contributed by atoms with Crippen LogP contribution in [0.2, 0.25) is 0 Å². The van der Waals surface area contributed by atoms with Crippen molar-refractivity contribution in [1.82, 2.24) is 24.6 Å². The van der Waals surface area contributed by atoms with Crippen molar-refractivity contribution < 1.29 is 9.59 Å². The fraction of sp³-hybridized carbons (Fsp3) is 0.600. The molecule has 0 N–H and O–H groups in total. The summed E-state index contributed by atoms with van der Waals surface area (Å²) in [5.74, 6) is 2.09. The van der Waals surface area contributed by atoms with Crippen LogP contribution >= 0.6 is 11.3 Å². The number of carbonyl (C=O) groups excluding carboxylic acids is 2. The second-order valence-electron chi connectivity index (χ2n) is 7.55. The molecule has 2 aromatic rings. The van der Waals surface area contributed by atoms with Gasteiger partial charge in [-0.3, -0.25) is 9.59 Å². The van der Waals surface area contributed by atoms with Crippen molar-refractivity contribution >= 4 is 23.2 Å². The van der Waals surface area contributed by atoms with Gasteiger partial charge in [0, 0.05) is 39.0 Å². The summed E-state index contributed by atoms with van der Waals surface area (Å²) in [6.07, 6.45) is 4.28. The average Bonchev–Trinajstić information content (AvgIpc) is 3.27. The highest BCUT2D eigenvalue weighted by Gasteiger charge is 2.33. The van der Waals surface area contributed by atoms with Crippen molar-refractivity contribution in [1.29, 1.82) is 0 Å². The first kappa shape index (κ1) is 19.1. The van der Waals surface area contributed by atoms with Gasteiger partial charge in [0.05, 0.1) is 10.9 Å². The van der Waals surface area contributed by atoms with E-state index in [0.29, 0.717) is 32.5 Å². The van der Waals surface area contributed by atoms with E-state index in [1.165, 1.54) is 11.3 Å². The van der Waals surface area contributed by atoms with Crippen molar-refractivity contribution in [2.45, 2.75) is 58.5 Å². The number of aromatic nitrogens is 3. The molecule has 1 fully saturated rings. The molecule has 0 bridgehead atoms. The summed E-state index contributed by atoms with van der Waals surface area (Å²) in [4.78, 5) is 30.1. The van der Waals surface area contributed by atoms with Gasteiger partial charge in [-0.15, -0.1) is 21.5 Å². The standard InChI is InChI=1S/C20H27N5O2S/c1-3-17(26)24-9-5-4-6-15(24)19-22-21-16-7-10-23(11-12-25(16)19)20(27)18-14(2)8-13-28-18/h8,13,15H,3-7,9-12H2,1-2H3. The highest BCUT2D eigenvalue weighted by Crippen LogP contribution is 2.31. The fourth-order valence-corrected chi connectivity index (χ4v) is 5.12. The molecule has 0 spiro atoms. The molecule has 150 valence electrons. The minimum absolute atomic E-state index is 0.00393. The van der Waals surface area contributed by atoms with E-state index >= 15 is 0 Å². The predicted molar refractivity (Wildman–Crippen MR) is 107 cm³/mol. The molecule has 0 saturated carbocycles. The fourth-order valence-electron chi connectivity index (χ4n) is 4.23. The first-order chi connectivity index (χ1) is 13.6. The first-order valence-electron chi connectivity index (χ1n) is 10.1. The van der Waals surface area contributed by atoms with Crippen molar-refractivity contribution in [2.75, 3.05) is 19.6 Å². The van der Waals surface area contributed by atoms with Crippen molar-refractivity contribution in [2.24, 2.45) is 0 Å². The summed E-state index contributed by atoms with van der Waals surface area (Å²) in [6.45, 7) is 6.66. The third-order valence-corrected chi connectivity index (χ3v) is 6.83. The van der Waals surface area contributed by atoms with Gasteiger partial charge in [0.25, 0.3) is 5.91 Å². The molecule has 4 rings (SSSR count). The van der Waals surface area contributed by atoms with Crippen LogP contribution in [0.4, 0.5) is 0 Å². The summed E-state index contributed by atoms with van der Waals surface area (Å²) in [6, 6.07) is 2.00. The number of piperidine rings is 1. The predicted octanol–water partition coefficient (Wildman–Crippen LogP) is 2.81. The highest BCUT2D eigenvalue weighted by atomic mass is 32.1. The normalized spacial score (nSPS) is 20.0. The maximum absolute atomic E-state index is 12.9. The van der Waals surface area contributed by atoms with Crippen LogP contribution in [-0.2, 0) is 17.8 Å². The molecular weight excluding hydrogens is 374 g/mol. The minimum atomic E-state index is 0.00393. The number of fused-ring (bicyclic) bond motifs is 1. The summed E-state index contributed by atoms with van der Waals surface area (Å²) in [7, 11) is 0. The number of thiophene rings is 1. The Hall–Kier alpha value is -2.22. The van der Waals surface area contributed by atoms with E-state index in [9.17, 15) is 9.59 Å². The SMILES string of the molecule is CCC(=O)N1CCCCC1c1nnc2n1CCN(C(=O)c1sccc1C)CC2. The van der Waals surface area contributed by atoms with Crippen LogP contribution in [0.1, 0.15) is 65.5 Å². The van der Waals surface area contributed by atoms with Gasteiger partial charge in [0.2, 0.25) is 5.91 Å². The lowest BCUT2D eigenvalue weighted by atomic mass is 10.0. The van der Waals surface area contributed by atoms with Crippen molar-refractivity contribution in [3.63, 3.8) is 0 Å². The first-order valence-corrected chi connectivity index (χ1v) is 11.0. The zero-order chi connectivity index (χ0) is 19.7. The smallest absolute Gasteiger partial charge is 0.264 e. The van der Waals surface area contributed by atoms with Crippen molar-refractivity contribution in [3.05, 3.63) is 33.5 Å². The number of carbonyl (C=O) groups is 2. The molecule has 4 heterocycles. The van der Waals surface area contributed by atoms with Gasteiger partial charge in [-0.25, -0.2) is 0 Å². The van der Waals surface area contributed by atoms with E-state index in [1.54, 1.807) is 0 Å². The number of nitrogens with zero attached hydrogens (tertiary/aromatic N) is 5. The van der Waals surface area contributed by atoms with E-state index in [0.717, 1.165) is 47.9 Å². The van der Waals surface area contributed by atoms with Gasteiger partial charge >= 0.3 is 0 Å². The lowest BCUT2D eigenvalue weighted by Crippen LogP contribution is -2.39. The molecule has 2 amide bonds. The van der Waals surface area contributed by atoms with Gasteiger partial charge in [-0.1, -0.05) is 6.92 Å². The second kappa shape index (κ2) is 8.03. The summed E-state index contributed by atoms with van der Waals surface area (Å²) >= 11 is 1.51. The Kier molecular flexibility index (Phi) is 5.48. The number of aryl methyl sites for hydroxylation is 1. The number of likely N-dealkylation sites (tertiary alicyclic amines) is 1. The molecule has 1 unspecified atom stereocenters. The monoisotopic (exact) mass is 401 g/mol. The Bertz CT molecular complexity index is 874. The lowest BCUT2D eigenvalue weighted by molar-refractivity contribution is -0.135. The van der Waals surface area contributed by atoms with Crippen LogP contribution in [0, 0.1) is 6.92 Å². The van der Waals surface area contributed by atoms with E-state index in [-0.39, 0.29) is 17.9 Å². The van der Waals surface area contributed by atoms with E-state index in [2.05, 4.69) is 14.8 Å². The van der Waals surface area contributed by atoms with Crippen LogP contribution in [0.3, 0.4) is 0 Å². The minimum Gasteiger partial charge on any atom is -0.336 e. The molecule has 1 saturated heterocycles. The molecule has 1 atom stereocenters. The zero-order valence-electron chi connectivity index (χ0n) is 16.6. The maximum Gasteiger partial charge on any atom is 0.264 e. The third kappa shape index (κ3) is 3.45. The number of hydrogen-bond donors (Lipinski definition) is 0. The van der Waals surface area contributed by atoms with E-state index in [4.69, 9.17) is 0 Å². The molecule has 0 aromatic carbocycles. The van der Waals surface area contributed by atoms with Crippen LogP contribution in [-0.4, -0.2) is 56.0 Å².